The molecule has 0 aromatic rings. The predicted octanol–water partition coefficient (Wildman–Crippen LogP) is 4.07. The van der Waals surface area contributed by atoms with Gasteiger partial charge in [-0.2, -0.15) is 0 Å². The van der Waals surface area contributed by atoms with Gasteiger partial charge in [-0.1, -0.05) is 0 Å². The predicted molar refractivity (Wildman–Crippen MR) is 194 cm³/mol. The average Bonchev–Trinajstić information content (AvgIpc) is 3.04. The summed E-state index contributed by atoms with van der Waals surface area (Å²) in [5.74, 6) is 0. The fourth-order valence-corrected chi connectivity index (χ4v) is 9.99. The maximum absolute atomic E-state index is 12.3. The van der Waals surface area contributed by atoms with E-state index in [9.17, 15) is 9.59 Å². The molecule has 4 unspecified atom stereocenters. The highest BCUT2D eigenvalue weighted by Crippen LogP contribution is 2.19. The van der Waals surface area contributed by atoms with Crippen LogP contribution in [-0.4, -0.2) is 133 Å². The summed E-state index contributed by atoms with van der Waals surface area (Å²) >= 11 is 0. The van der Waals surface area contributed by atoms with Crippen LogP contribution < -0.4 is 21.3 Å². The van der Waals surface area contributed by atoms with E-state index in [1.165, 1.54) is 0 Å². The Morgan fingerprint density at radius 2 is 0.857 bits per heavy atom. The number of nitrogens with one attached hydrogen (secondary N) is 4. The second-order valence-electron chi connectivity index (χ2n) is 11.6. The molecule has 4 amide bonds. The second kappa shape index (κ2) is 29.2. The van der Waals surface area contributed by atoms with Crippen LogP contribution in [0.5, 0.6) is 0 Å². The molecule has 0 radical (unpaired) electrons. The smallest absolute Gasteiger partial charge is 0.377 e. The lowest BCUT2D eigenvalue weighted by molar-refractivity contribution is -0.0603. The molecule has 0 fully saturated rings. The molecule has 0 spiro atoms. The molecule has 0 heterocycles. The van der Waals surface area contributed by atoms with Crippen molar-refractivity contribution in [3.63, 3.8) is 0 Å². The van der Waals surface area contributed by atoms with Gasteiger partial charge in [0.1, 0.15) is 0 Å². The van der Waals surface area contributed by atoms with Crippen molar-refractivity contribution < 1.29 is 50.4 Å². The molecule has 0 aromatic carbocycles. The van der Waals surface area contributed by atoms with E-state index in [1.807, 2.05) is 69.2 Å². The quantitative estimate of drug-likeness (QED) is 0.0580. The molecule has 17 heteroatoms. The first-order valence-electron chi connectivity index (χ1n) is 18.2. The zero-order valence-electron chi connectivity index (χ0n) is 32.1. The summed E-state index contributed by atoms with van der Waals surface area (Å²) in [6.07, 6.45) is 1.05. The molecule has 0 aliphatic rings. The molecule has 0 saturated heterocycles. The number of urea groups is 2. The van der Waals surface area contributed by atoms with Crippen molar-refractivity contribution in [2.45, 2.75) is 118 Å². The van der Waals surface area contributed by atoms with E-state index in [4.69, 9.17) is 40.8 Å². The van der Waals surface area contributed by atoms with Gasteiger partial charge in [-0.15, -0.1) is 0 Å². The van der Waals surface area contributed by atoms with Crippen LogP contribution in [0.1, 0.15) is 82.1 Å². The Morgan fingerprint density at radius 3 is 1.24 bits per heavy atom. The average molecular weight is 743 g/mol. The zero-order chi connectivity index (χ0) is 37.0. The molecule has 0 rings (SSSR count). The maximum atomic E-state index is 12.3. The molecule has 0 aliphatic heterocycles. The van der Waals surface area contributed by atoms with Gasteiger partial charge in [-0.05, 0) is 82.1 Å². The number of carbonyl (C=O) groups excluding carboxylic acids is 2. The van der Waals surface area contributed by atoms with E-state index in [1.54, 1.807) is 0 Å². The van der Waals surface area contributed by atoms with Crippen molar-refractivity contribution >= 4 is 29.7 Å². The first kappa shape index (κ1) is 47.6. The number of rotatable bonds is 32. The lowest BCUT2D eigenvalue weighted by Gasteiger charge is -2.28. The number of hydrogen-bond acceptors (Lipinski definition) is 11. The summed E-state index contributed by atoms with van der Waals surface area (Å²) in [7, 11) is -5.42. The highest BCUT2D eigenvalue weighted by Gasteiger charge is 2.40. The highest BCUT2D eigenvalue weighted by molar-refractivity contribution is 6.61. The summed E-state index contributed by atoms with van der Waals surface area (Å²) in [6.45, 7) is 24.7. The van der Waals surface area contributed by atoms with Crippen LogP contribution in [0.15, 0.2) is 0 Å². The Bertz CT molecular complexity index is 804. The van der Waals surface area contributed by atoms with Crippen molar-refractivity contribution in [2.24, 2.45) is 0 Å². The Balaban J connectivity index is 4.15. The second-order valence-corrected chi connectivity index (χ2v) is 17.1. The molecule has 0 aliphatic carbocycles. The van der Waals surface area contributed by atoms with Crippen molar-refractivity contribution in [1.29, 1.82) is 0 Å². The standard InChI is InChI=1S/C32H70N4O11Si2/c1-11-42-48(43-12-2,44-13-3)21-17-19-33-31(37)35-27(7)23-39-25-29(9)41-26-30(10)40-24-28(8)36-32(38)34-20-18-22-49(45-14-4,46-15-5)47-16-6/h27-30H,11-26H2,1-10H3,(H2,33,35,37)(H2,34,36,38). The summed E-state index contributed by atoms with van der Waals surface area (Å²) < 4.78 is 52.6. The first-order chi connectivity index (χ1) is 23.4. The van der Waals surface area contributed by atoms with Crippen LogP contribution in [0, 0.1) is 0 Å². The van der Waals surface area contributed by atoms with Crippen LogP contribution in [-0.2, 0) is 40.8 Å². The van der Waals surface area contributed by atoms with Crippen LogP contribution in [0.25, 0.3) is 0 Å². The molecule has 4 atom stereocenters. The Morgan fingerprint density at radius 1 is 0.510 bits per heavy atom. The SMILES string of the molecule is CCO[Si](CCCNC(=O)NC(C)COCC(C)OCC(C)OCC(C)NC(=O)NCCC[Si](OCC)(OCC)OCC)(OCC)OCC. The summed E-state index contributed by atoms with van der Waals surface area (Å²) in [6, 6.07) is 0.398. The van der Waals surface area contributed by atoms with Gasteiger partial charge in [0.2, 0.25) is 0 Å². The minimum absolute atomic E-state index is 0.158. The van der Waals surface area contributed by atoms with Gasteiger partial charge in [0.05, 0.1) is 50.7 Å². The number of ether oxygens (including phenoxy) is 3. The van der Waals surface area contributed by atoms with Gasteiger partial charge in [-0.25, -0.2) is 9.59 Å². The van der Waals surface area contributed by atoms with Crippen molar-refractivity contribution in [1.82, 2.24) is 21.3 Å². The van der Waals surface area contributed by atoms with E-state index >= 15 is 0 Å². The lowest BCUT2D eigenvalue weighted by atomic mass is 10.3. The molecule has 4 N–H and O–H groups in total. The monoisotopic (exact) mass is 742 g/mol. The van der Waals surface area contributed by atoms with Gasteiger partial charge >= 0.3 is 29.7 Å². The van der Waals surface area contributed by atoms with Crippen LogP contribution in [0.2, 0.25) is 12.1 Å². The van der Waals surface area contributed by atoms with Crippen molar-refractivity contribution in [3.05, 3.63) is 0 Å². The van der Waals surface area contributed by atoms with Crippen LogP contribution in [0.3, 0.4) is 0 Å². The molecular weight excluding hydrogens is 673 g/mol. The van der Waals surface area contributed by atoms with E-state index < -0.39 is 17.6 Å². The summed E-state index contributed by atoms with van der Waals surface area (Å²) in [5.41, 5.74) is 0. The summed E-state index contributed by atoms with van der Waals surface area (Å²) in [4.78, 5) is 24.7. The van der Waals surface area contributed by atoms with Gasteiger partial charge in [0.25, 0.3) is 0 Å². The third-order valence-electron chi connectivity index (χ3n) is 6.80. The number of amides is 4. The molecule has 0 bridgehead atoms. The molecule has 292 valence electrons. The lowest BCUT2D eigenvalue weighted by Crippen LogP contribution is -2.47. The maximum Gasteiger partial charge on any atom is 0.500 e. The fraction of sp³-hybridized carbons (Fsp3) is 0.938. The van der Waals surface area contributed by atoms with Crippen LogP contribution in [0.4, 0.5) is 9.59 Å². The Kier molecular flexibility index (Phi) is 28.4. The minimum atomic E-state index is -2.71. The van der Waals surface area contributed by atoms with Crippen molar-refractivity contribution in [2.75, 3.05) is 79.2 Å². The minimum Gasteiger partial charge on any atom is -0.377 e. The molecule has 15 nitrogen and oxygen atoms in total. The number of carbonyl (C=O) groups is 2. The normalized spacial score (nSPS) is 14.6. The van der Waals surface area contributed by atoms with Gasteiger partial charge in [0, 0.05) is 64.8 Å². The molecular formula is C32H70N4O11Si2. The summed E-state index contributed by atoms with van der Waals surface area (Å²) in [5, 5.41) is 11.5. The largest absolute Gasteiger partial charge is 0.500 e. The topological polar surface area (TPSA) is 165 Å². The van der Waals surface area contributed by atoms with Gasteiger partial charge in [-0.3, -0.25) is 0 Å². The number of hydrogen-bond donors (Lipinski definition) is 4. The van der Waals surface area contributed by atoms with Crippen molar-refractivity contribution in [3.8, 4) is 0 Å². The van der Waals surface area contributed by atoms with Gasteiger partial charge < -0.3 is 62.0 Å². The first-order valence-corrected chi connectivity index (χ1v) is 22.0. The zero-order valence-corrected chi connectivity index (χ0v) is 34.1. The van der Waals surface area contributed by atoms with E-state index in [0.717, 1.165) is 0 Å². The van der Waals surface area contributed by atoms with E-state index in [-0.39, 0.29) is 36.4 Å². The molecule has 49 heavy (non-hydrogen) atoms. The molecule has 0 aromatic heterocycles. The Hall–Kier alpha value is -1.39. The highest BCUT2D eigenvalue weighted by atomic mass is 28.4. The molecule has 0 saturated carbocycles. The third-order valence-corrected chi connectivity index (χ3v) is 13.1. The van der Waals surface area contributed by atoms with Gasteiger partial charge in [0.15, 0.2) is 0 Å². The third kappa shape index (κ3) is 23.7. The Labute approximate surface area is 298 Å². The van der Waals surface area contributed by atoms with E-state index in [0.29, 0.717) is 104 Å². The van der Waals surface area contributed by atoms with Crippen LogP contribution >= 0.6 is 0 Å². The fourth-order valence-electron chi connectivity index (χ4n) is 4.76. The van der Waals surface area contributed by atoms with E-state index in [2.05, 4.69) is 21.3 Å².